The quantitative estimate of drug-likeness (QED) is 0.793. The lowest BCUT2D eigenvalue weighted by molar-refractivity contribution is -0.131. The van der Waals surface area contributed by atoms with Crippen LogP contribution in [0.3, 0.4) is 0 Å². The number of aryl methyl sites for hydroxylation is 2. The first-order valence-corrected chi connectivity index (χ1v) is 7.56. The van der Waals surface area contributed by atoms with Crippen LogP contribution in [0.5, 0.6) is 0 Å². The molecular formula is C17H28N2O. The van der Waals surface area contributed by atoms with E-state index in [-0.39, 0.29) is 5.91 Å². The summed E-state index contributed by atoms with van der Waals surface area (Å²) in [6.07, 6.45) is 2.28. The maximum absolute atomic E-state index is 12.3. The number of benzene rings is 1. The summed E-state index contributed by atoms with van der Waals surface area (Å²) in [6.45, 7) is 8.61. The van der Waals surface area contributed by atoms with Crippen molar-refractivity contribution in [2.75, 3.05) is 19.6 Å². The molecule has 0 fully saturated rings. The Kier molecular flexibility index (Phi) is 7.31. The summed E-state index contributed by atoms with van der Waals surface area (Å²) in [7, 11) is 0. The van der Waals surface area contributed by atoms with Crippen molar-refractivity contribution >= 4 is 5.91 Å². The molecule has 1 aromatic carbocycles. The molecule has 0 saturated heterocycles. The maximum atomic E-state index is 12.3. The Bertz CT molecular complexity index is 415. The van der Waals surface area contributed by atoms with Crippen molar-refractivity contribution in [1.29, 1.82) is 0 Å². The lowest BCUT2D eigenvalue weighted by Gasteiger charge is -2.24. The minimum Gasteiger partial charge on any atom is -0.342 e. The summed E-state index contributed by atoms with van der Waals surface area (Å²) in [5, 5.41) is 0. The fourth-order valence-electron chi connectivity index (χ4n) is 2.32. The van der Waals surface area contributed by atoms with Crippen molar-refractivity contribution in [1.82, 2.24) is 4.90 Å². The molecule has 0 spiro atoms. The Morgan fingerprint density at radius 1 is 1.35 bits per heavy atom. The second-order valence-electron chi connectivity index (χ2n) is 5.86. The van der Waals surface area contributed by atoms with Crippen LogP contribution >= 0.6 is 0 Å². The number of hydrogen-bond donors (Lipinski definition) is 1. The van der Waals surface area contributed by atoms with Gasteiger partial charge in [0.2, 0.25) is 5.91 Å². The van der Waals surface area contributed by atoms with Crippen LogP contribution in [-0.2, 0) is 11.2 Å². The van der Waals surface area contributed by atoms with E-state index in [9.17, 15) is 4.79 Å². The van der Waals surface area contributed by atoms with E-state index in [1.807, 2.05) is 4.90 Å². The van der Waals surface area contributed by atoms with Crippen molar-refractivity contribution in [2.45, 2.75) is 40.0 Å². The van der Waals surface area contributed by atoms with Gasteiger partial charge in [0.05, 0.1) is 0 Å². The molecule has 0 saturated carbocycles. The smallest absolute Gasteiger partial charge is 0.222 e. The SMILES string of the molecule is Cc1cccc(CCC(=O)N(CCCN)CC(C)C)c1. The summed E-state index contributed by atoms with van der Waals surface area (Å²) in [5.41, 5.74) is 8.04. The van der Waals surface area contributed by atoms with Crippen LogP contribution < -0.4 is 5.73 Å². The zero-order valence-electron chi connectivity index (χ0n) is 13.1. The zero-order chi connectivity index (χ0) is 15.0. The van der Waals surface area contributed by atoms with Crippen LogP contribution in [0.15, 0.2) is 24.3 Å². The lowest BCUT2D eigenvalue weighted by Crippen LogP contribution is -2.36. The number of nitrogens with two attached hydrogens (primary N) is 1. The van der Waals surface area contributed by atoms with Crippen molar-refractivity contribution < 1.29 is 4.79 Å². The number of hydrogen-bond acceptors (Lipinski definition) is 2. The molecule has 1 amide bonds. The molecule has 0 radical (unpaired) electrons. The average molecular weight is 276 g/mol. The highest BCUT2D eigenvalue weighted by atomic mass is 16.2. The second kappa shape index (κ2) is 8.75. The molecule has 1 aromatic rings. The molecule has 112 valence electrons. The molecule has 1 rings (SSSR count). The Labute approximate surface area is 123 Å². The normalized spacial score (nSPS) is 10.8. The van der Waals surface area contributed by atoms with Crippen LogP contribution in [0, 0.1) is 12.8 Å². The van der Waals surface area contributed by atoms with Crippen molar-refractivity contribution in [2.24, 2.45) is 11.7 Å². The number of nitrogens with zero attached hydrogens (tertiary/aromatic N) is 1. The molecule has 20 heavy (non-hydrogen) atoms. The molecule has 3 nitrogen and oxygen atoms in total. The minimum absolute atomic E-state index is 0.244. The van der Waals surface area contributed by atoms with Crippen LogP contribution in [0.25, 0.3) is 0 Å². The van der Waals surface area contributed by atoms with E-state index in [1.54, 1.807) is 0 Å². The first kappa shape index (κ1) is 16.7. The third-order valence-electron chi connectivity index (χ3n) is 3.28. The van der Waals surface area contributed by atoms with Gasteiger partial charge in [-0.2, -0.15) is 0 Å². The lowest BCUT2D eigenvalue weighted by atomic mass is 10.1. The Morgan fingerprint density at radius 2 is 2.10 bits per heavy atom. The summed E-state index contributed by atoms with van der Waals surface area (Å²) in [6, 6.07) is 8.37. The average Bonchev–Trinajstić information content (AvgIpc) is 2.40. The molecular weight excluding hydrogens is 248 g/mol. The van der Waals surface area contributed by atoms with Crippen molar-refractivity contribution in [3.05, 3.63) is 35.4 Å². The third-order valence-corrected chi connectivity index (χ3v) is 3.28. The standard InChI is InChI=1S/C17H28N2O/c1-14(2)13-19(11-5-10-18)17(20)9-8-16-7-4-6-15(3)12-16/h4,6-7,12,14H,5,8-11,13,18H2,1-3H3. The zero-order valence-corrected chi connectivity index (χ0v) is 13.1. The van der Waals surface area contributed by atoms with E-state index >= 15 is 0 Å². The molecule has 0 aliphatic heterocycles. The molecule has 2 N–H and O–H groups in total. The summed E-state index contributed by atoms with van der Waals surface area (Å²) < 4.78 is 0. The molecule has 0 aliphatic rings. The molecule has 3 heteroatoms. The van der Waals surface area contributed by atoms with Crippen molar-refractivity contribution in [3.8, 4) is 0 Å². The molecule has 0 aliphatic carbocycles. The van der Waals surface area contributed by atoms with Gasteiger partial charge in [0.25, 0.3) is 0 Å². The van der Waals surface area contributed by atoms with Crippen LogP contribution in [-0.4, -0.2) is 30.4 Å². The summed E-state index contributed by atoms with van der Waals surface area (Å²) >= 11 is 0. The van der Waals surface area contributed by atoms with Gasteiger partial charge >= 0.3 is 0 Å². The van der Waals surface area contributed by atoms with Gasteiger partial charge in [-0.3, -0.25) is 4.79 Å². The van der Waals surface area contributed by atoms with Gasteiger partial charge in [0.15, 0.2) is 0 Å². The highest BCUT2D eigenvalue weighted by molar-refractivity contribution is 5.76. The van der Waals surface area contributed by atoms with E-state index in [2.05, 4.69) is 45.0 Å². The van der Waals surface area contributed by atoms with Gasteiger partial charge in [-0.25, -0.2) is 0 Å². The van der Waals surface area contributed by atoms with Gasteiger partial charge in [0, 0.05) is 19.5 Å². The van der Waals surface area contributed by atoms with Crippen molar-refractivity contribution in [3.63, 3.8) is 0 Å². The summed E-state index contributed by atoms with van der Waals surface area (Å²) in [5.74, 6) is 0.740. The highest BCUT2D eigenvalue weighted by Crippen LogP contribution is 2.09. The first-order valence-electron chi connectivity index (χ1n) is 7.56. The van der Waals surface area contributed by atoms with Crippen LogP contribution in [0.1, 0.15) is 37.8 Å². The van der Waals surface area contributed by atoms with Gasteiger partial charge in [0.1, 0.15) is 0 Å². The van der Waals surface area contributed by atoms with E-state index in [0.717, 1.165) is 25.9 Å². The predicted molar refractivity (Wildman–Crippen MR) is 84.6 cm³/mol. The Balaban J connectivity index is 2.52. The third kappa shape index (κ3) is 6.20. The van der Waals surface area contributed by atoms with Crippen LogP contribution in [0.4, 0.5) is 0 Å². The highest BCUT2D eigenvalue weighted by Gasteiger charge is 2.14. The van der Waals surface area contributed by atoms with E-state index in [0.29, 0.717) is 18.9 Å². The summed E-state index contributed by atoms with van der Waals surface area (Å²) in [4.78, 5) is 14.3. The Morgan fingerprint density at radius 3 is 2.70 bits per heavy atom. The Hall–Kier alpha value is -1.35. The second-order valence-corrected chi connectivity index (χ2v) is 5.86. The van der Waals surface area contributed by atoms with E-state index in [1.165, 1.54) is 11.1 Å². The molecule has 0 bridgehead atoms. The fourth-order valence-corrected chi connectivity index (χ4v) is 2.32. The number of carbonyl (C=O) groups excluding carboxylic acids is 1. The minimum atomic E-state index is 0.244. The van der Waals surface area contributed by atoms with Gasteiger partial charge in [-0.1, -0.05) is 43.7 Å². The van der Waals surface area contributed by atoms with Gasteiger partial charge < -0.3 is 10.6 Å². The maximum Gasteiger partial charge on any atom is 0.222 e. The van der Waals surface area contributed by atoms with Crippen LogP contribution in [0.2, 0.25) is 0 Å². The molecule has 0 heterocycles. The number of amides is 1. The largest absolute Gasteiger partial charge is 0.342 e. The monoisotopic (exact) mass is 276 g/mol. The molecule has 0 atom stereocenters. The van der Waals surface area contributed by atoms with E-state index in [4.69, 9.17) is 5.73 Å². The molecule has 0 unspecified atom stereocenters. The fraction of sp³-hybridized carbons (Fsp3) is 0.588. The van der Waals surface area contributed by atoms with Gasteiger partial charge in [-0.05, 0) is 37.8 Å². The van der Waals surface area contributed by atoms with Gasteiger partial charge in [-0.15, -0.1) is 0 Å². The number of rotatable bonds is 8. The topological polar surface area (TPSA) is 46.3 Å². The molecule has 0 aromatic heterocycles. The predicted octanol–water partition coefficient (Wildman–Crippen LogP) is 2.76. The first-order chi connectivity index (χ1) is 9.52. The van der Waals surface area contributed by atoms with E-state index < -0.39 is 0 Å². The number of carbonyl (C=O) groups is 1.